The number of benzene rings is 1. The monoisotopic (exact) mass is 309 g/mol. The summed E-state index contributed by atoms with van der Waals surface area (Å²) >= 11 is 5.69. The first-order valence-corrected chi connectivity index (χ1v) is 6.98. The lowest BCUT2D eigenvalue weighted by Gasteiger charge is -1.99. The molecule has 0 spiro atoms. The molecule has 0 aliphatic heterocycles. The van der Waals surface area contributed by atoms with E-state index < -0.39 is 5.82 Å². The highest BCUT2D eigenvalue weighted by molar-refractivity contribution is 6.30. The Kier molecular flexibility index (Phi) is 3.63. The number of amides is 1. The standard InChI is InChI=1S/C14H13ClFN3O2/c1-7-4-10(7)13(20)17-6-12-18-14(21-19-12)9-3-2-8(15)5-11(9)16/h2-3,5,7,10H,4,6H2,1H3,(H,17,20)/t7-,10+/m0/s1. The molecule has 1 amide bonds. The van der Waals surface area contributed by atoms with Crippen LogP contribution in [0.1, 0.15) is 19.2 Å². The van der Waals surface area contributed by atoms with Crippen LogP contribution in [0.5, 0.6) is 0 Å². The number of nitrogens with zero attached hydrogens (tertiary/aromatic N) is 2. The number of hydrogen-bond acceptors (Lipinski definition) is 4. The van der Waals surface area contributed by atoms with Gasteiger partial charge in [0.05, 0.1) is 12.1 Å². The third-order valence-corrected chi connectivity index (χ3v) is 3.73. The fraction of sp³-hybridized carbons (Fsp3) is 0.357. The summed E-state index contributed by atoms with van der Waals surface area (Å²) in [6.07, 6.45) is 0.916. The van der Waals surface area contributed by atoms with E-state index in [9.17, 15) is 9.18 Å². The van der Waals surface area contributed by atoms with Crippen LogP contribution in [0.4, 0.5) is 4.39 Å². The lowest BCUT2D eigenvalue weighted by molar-refractivity contribution is -0.122. The van der Waals surface area contributed by atoms with Crippen molar-refractivity contribution in [3.63, 3.8) is 0 Å². The van der Waals surface area contributed by atoms with E-state index in [1.807, 2.05) is 6.92 Å². The van der Waals surface area contributed by atoms with E-state index in [1.54, 1.807) is 6.07 Å². The fourth-order valence-electron chi connectivity index (χ4n) is 2.08. The third-order valence-electron chi connectivity index (χ3n) is 3.50. The Morgan fingerprint density at radius 3 is 3.00 bits per heavy atom. The van der Waals surface area contributed by atoms with Crippen molar-refractivity contribution < 1.29 is 13.7 Å². The van der Waals surface area contributed by atoms with Crippen molar-refractivity contribution in [3.8, 4) is 11.5 Å². The summed E-state index contributed by atoms with van der Waals surface area (Å²) in [5, 5.41) is 6.76. The van der Waals surface area contributed by atoms with Crippen LogP contribution in [0.25, 0.3) is 11.5 Å². The number of halogens is 2. The molecular weight excluding hydrogens is 297 g/mol. The Hall–Kier alpha value is -1.95. The summed E-state index contributed by atoms with van der Waals surface area (Å²) < 4.78 is 18.7. The van der Waals surface area contributed by atoms with E-state index in [4.69, 9.17) is 16.1 Å². The topological polar surface area (TPSA) is 68.0 Å². The van der Waals surface area contributed by atoms with Crippen LogP contribution in [-0.4, -0.2) is 16.0 Å². The van der Waals surface area contributed by atoms with Crippen LogP contribution >= 0.6 is 11.6 Å². The van der Waals surface area contributed by atoms with Crippen LogP contribution < -0.4 is 5.32 Å². The molecule has 5 nitrogen and oxygen atoms in total. The summed E-state index contributed by atoms with van der Waals surface area (Å²) in [4.78, 5) is 15.8. The number of carbonyl (C=O) groups excluding carboxylic acids is 1. The minimum absolute atomic E-state index is 0.00785. The lowest BCUT2D eigenvalue weighted by Crippen LogP contribution is -2.25. The first kappa shape index (κ1) is 14.0. The maximum Gasteiger partial charge on any atom is 0.260 e. The van der Waals surface area contributed by atoms with Crippen molar-refractivity contribution in [2.45, 2.75) is 19.9 Å². The molecule has 1 aliphatic rings. The minimum atomic E-state index is -0.534. The summed E-state index contributed by atoms with van der Waals surface area (Å²) in [7, 11) is 0. The van der Waals surface area contributed by atoms with Gasteiger partial charge in [0, 0.05) is 10.9 Å². The van der Waals surface area contributed by atoms with Crippen LogP contribution in [0.2, 0.25) is 5.02 Å². The molecule has 0 unspecified atom stereocenters. The van der Waals surface area contributed by atoms with E-state index in [0.29, 0.717) is 16.8 Å². The first-order valence-electron chi connectivity index (χ1n) is 6.60. The van der Waals surface area contributed by atoms with Crippen LogP contribution in [-0.2, 0) is 11.3 Å². The SMILES string of the molecule is C[C@H]1C[C@H]1C(=O)NCc1noc(-c2ccc(Cl)cc2F)n1. The molecule has 1 aromatic heterocycles. The highest BCUT2D eigenvalue weighted by Gasteiger charge is 2.38. The van der Waals surface area contributed by atoms with Crippen LogP contribution in [0.15, 0.2) is 22.7 Å². The molecule has 1 saturated carbocycles. The van der Waals surface area contributed by atoms with Crippen molar-refractivity contribution in [1.29, 1.82) is 0 Å². The predicted octanol–water partition coefficient (Wildman–Crippen LogP) is 2.80. The van der Waals surface area contributed by atoms with E-state index in [-0.39, 0.29) is 29.8 Å². The number of nitrogens with one attached hydrogen (secondary N) is 1. The Labute approximate surface area is 125 Å². The highest BCUT2D eigenvalue weighted by Crippen LogP contribution is 2.37. The molecule has 1 heterocycles. The zero-order valence-electron chi connectivity index (χ0n) is 11.3. The van der Waals surface area contributed by atoms with Gasteiger partial charge in [0.25, 0.3) is 5.89 Å². The molecule has 110 valence electrons. The van der Waals surface area contributed by atoms with Gasteiger partial charge >= 0.3 is 0 Å². The highest BCUT2D eigenvalue weighted by atomic mass is 35.5. The van der Waals surface area contributed by atoms with Crippen LogP contribution in [0.3, 0.4) is 0 Å². The van der Waals surface area contributed by atoms with Crippen molar-refractivity contribution in [2.75, 3.05) is 0 Å². The van der Waals surface area contributed by atoms with Gasteiger partial charge in [-0.25, -0.2) is 4.39 Å². The summed E-state index contributed by atoms with van der Waals surface area (Å²) in [6, 6.07) is 4.19. The largest absolute Gasteiger partial charge is 0.348 e. The zero-order valence-corrected chi connectivity index (χ0v) is 12.0. The predicted molar refractivity (Wildman–Crippen MR) is 73.8 cm³/mol. The molecule has 3 rings (SSSR count). The van der Waals surface area contributed by atoms with E-state index >= 15 is 0 Å². The molecular formula is C14H13ClFN3O2. The average molecular weight is 310 g/mol. The fourth-order valence-corrected chi connectivity index (χ4v) is 2.24. The lowest BCUT2D eigenvalue weighted by atomic mass is 10.2. The number of carbonyl (C=O) groups is 1. The molecule has 1 fully saturated rings. The molecule has 0 saturated heterocycles. The summed E-state index contributed by atoms with van der Waals surface area (Å²) in [5.41, 5.74) is 0.181. The van der Waals surface area contributed by atoms with E-state index in [0.717, 1.165) is 6.42 Å². The molecule has 7 heteroatoms. The summed E-state index contributed by atoms with van der Waals surface area (Å²) in [6.45, 7) is 2.20. The molecule has 1 aromatic carbocycles. The third kappa shape index (κ3) is 3.05. The quantitative estimate of drug-likeness (QED) is 0.943. The Balaban J connectivity index is 1.67. The van der Waals surface area contributed by atoms with Gasteiger partial charge in [-0.3, -0.25) is 4.79 Å². The molecule has 0 radical (unpaired) electrons. The van der Waals surface area contributed by atoms with Crippen molar-refractivity contribution >= 4 is 17.5 Å². The first-order chi connectivity index (χ1) is 10.0. The Bertz CT molecular complexity index is 689. The molecule has 2 aromatic rings. The zero-order chi connectivity index (χ0) is 15.0. The van der Waals surface area contributed by atoms with Gasteiger partial charge in [0.1, 0.15) is 5.82 Å². The second-order valence-electron chi connectivity index (χ2n) is 5.18. The maximum absolute atomic E-state index is 13.7. The molecule has 0 bridgehead atoms. The number of hydrogen-bond donors (Lipinski definition) is 1. The Morgan fingerprint density at radius 1 is 1.57 bits per heavy atom. The van der Waals surface area contributed by atoms with Gasteiger partial charge in [-0.05, 0) is 30.5 Å². The van der Waals surface area contributed by atoms with Gasteiger partial charge in [-0.15, -0.1) is 0 Å². The van der Waals surface area contributed by atoms with E-state index in [1.165, 1.54) is 12.1 Å². The van der Waals surface area contributed by atoms with Gasteiger partial charge in [-0.1, -0.05) is 23.7 Å². The molecule has 21 heavy (non-hydrogen) atoms. The van der Waals surface area contributed by atoms with Gasteiger partial charge in [-0.2, -0.15) is 4.98 Å². The normalized spacial score (nSPS) is 20.3. The maximum atomic E-state index is 13.7. The van der Waals surface area contributed by atoms with Gasteiger partial charge in [0.15, 0.2) is 5.82 Å². The average Bonchev–Trinajstić information content (AvgIpc) is 2.99. The van der Waals surface area contributed by atoms with E-state index in [2.05, 4.69) is 15.5 Å². The van der Waals surface area contributed by atoms with Gasteiger partial charge in [0.2, 0.25) is 5.91 Å². The molecule has 1 N–H and O–H groups in total. The second-order valence-corrected chi connectivity index (χ2v) is 5.61. The van der Waals surface area contributed by atoms with Crippen molar-refractivity contribution in [2.24, 2.45) is 11.8 Å². The van der Waals surface area contributed by atoms with Crippen LogP contribution in [0, 0.1) is 17.7 Å². The van der Waals surface area contributed by atoms with Gasteiger partial charge < -0.3 is 9.84 Å². The number of aromatic nitrogens is 2. The van der Waals surface area contributed by atoms with Crippen molar-refractivity contribution in [3.05, 3.63) is 34.9 Å². The smallest absolute Gasteiger partial charge is 0.260 e. The second kappa shape index (κ2) is 5.44. The molecule has 1 aliphatic carbocycles. The molecule has 2 atom stereocenters. The summed E-state index contributed by atoms with van der Waals surface area (Å²) in [5.74, 6) is 0.355. The Morgan fingerprint density at radius 2 is 2.33 bits per heavy atom. The minimum Gasteiger partial charge on any atom is -0.348 e. The number of rotatable bonds is 4. The van der Waals surface area contributed by atoms with Crippen molar-refractivity contribution in [1.82, 2.24) is 15.5 Å².